The number of aromatic hydroxyl groups is 2. The summed E-state index contributed by atoms with van der Waals surface area (Å²) in [6, 6.07) is 4.92. The van der Waals surface area contributed by atoms with E-state index in [0.717, 1.165) is 12.8 Å². The van der Waals surface area contributed by atoms with E-state index >= 15 is 0 Å². The summed E-state index contributed by atoms with van der Waals surface area (Å²) in [5, 5.41) is 20.0. The molecule has 0 bridgehead atoms. The van der Waals surface area contributed by atoms with Gasteiger partial charge >= 0.3 is 0 Å². The molecule has 0 heterocycles. The Morgan fingerprint density at radius 2 is 1.55 bits per heavy atom. The van der Waals surface area contributed by atoms with E-state index in [1.54, 1.807) is 12.1 Å². The summed E-state index contributed by atoms with van der Waals surface area (Å²) in [7, 11) is 0. The lowest BCUT2D eigenvalue weighted by Gasteiger charge is -2.34. The van der Waals surface area contributed by atoms with Crippen LogP contribution in [0.2, 0.25) is 0 Å². The van der Waals surface area contributed by atoms with E-state index in [1.165, 1.54) is 25.3 Å². The molecule has 2 N–H and O–H groups in total. The van der Waals surface area contributed by atoms with Gasteiger partial charge in [-0.05, 0) is 32.4 Å². The summed E-state index contributed by atoms with van der Waals surface area (Å²) >= 11 is 0. The summed E-state index contributed by atoms with van der Waals surface area (Å²) in [6.07, 6.45) is 6.35. The maximum atomic E-state index is 10.2. The van der Waals surface area contributed by atoms with Gasteiger partial charge in [-0.1, -0.05) is 38.7 Å². The standard InChI is InChI=1S/C18H30O4/c1-4-7-8-9-10-14-18(21-5-2,22-6-3)15-12-11-13-16(19)17(15)20/h11-13,19-20H,4-10,14H2,1-3H3. The molecule has 126 valence electrons. The molecule has 0 saturated carbocycles. The number of phenolic OH excluding ortho intramolecular Hbond substituents is 2. The largest absolute Gasteiger partial charge is 0.504 e. The van der Waals surface area contributed by atoms with Gasteiger partial charge in [0.15, 0.2) is 17.3 Å². The molecule has 0 aliphatic carbocycles. The Bertz CT molecular complexity index is 425. The van der Waals surface area contributed by atoms with Gasteiger partial charge in [-0.2, -0.15) is 0 Å². The van der Waals surface area contributed by atoms with Crippen LogP contribution in [0.1, 0.15) is 64.9 Å². The molecule has 4 heteroatoms. The fraction of sp³-hybridized carbons (Fsp3) is 0.667. The quantitative estimate of drug-likeness (QED) is 0.354. The minimum atomic E-state index is -0.988. The van der Waals surface area contributed by atoms with Gasteiger partial charge in [-0.3, -0.25) is 0 Å². The van der Waals surface area contributed by atoms with Gasteiger partial charge in [-0.25, -0.2) is 0 Å². The zero-order valence-corrected chi connectivity index (χ0v) is 14.1. The number of rotatable bonds is 11. The zero-order valence-electron chi connectivity index (χ0n) is 14.1. The third kappa shape index (κ3) is 4.89. The van der Waals surface area contributed by atoms with Crippen LogP contribution in [-0.4, -0.2) is 23.4 Å². The highest BCUT2D eigenvalue weighted by Gasteiger charge is 2.36. The highest BCUT2D eigenvalue weighted by atomic mass is 16.7. The molecule has 0 unspecified atom stereocenters. The average molecular weight is 310 g/mol. The maximum Gasteiger partial charge on any atom is 0.198 e. The third-order valence-corrected chi connectivity index (χ3v) is 3.79. The lowest BCUT2D eigenvalue weighted by molar-refractivity contribution is -0.248. The van der Waals surface area contributed by atoms with Crippen LogP contribution in [0, 0.1) is 0 Å². The van der Waals surface area contributed by atoms with Crippen LogP contribution in [0.4, 0.5) is 0 Å². The lowest BCUT2D eigenvalue weighted by atomic mass is 9.96. The minimum absolute atomic E-state index is 0.146. The summed E-state index contributed by atoms with van der Waals surface area (Å²) < 4.78 is 11.8. The first-order chi connectivity index (χ1) is 10.6. The van der Waals surface area contributed by atoms with Crippen LogP contribution in [0.5, 0.6) is 11.5 Å². The van der Waals surface area contributed by atoms with Crippen molar-refractivity contribution in [3.8, 4) is 11.5 Å². The number of para-hydroxylation sites is 1. The molecular weight excluding hydrogens is 280 g/mol. The Morgan fingerprint density at radius 3 is 2.14 bits per heavy atom. The fourth-order valence-corrected chi connectivity index (χ4v) is 2.74. The molecular formula is C18H30O4. The number of ether oxygens (including phenoxy) is 2. The minimum Gasteiger partial charge on any atom is -0.504 e. The van der Waals surface area contributed by atoms with Crippen LogP contribution in [0.15, 0.2) is 18.2 Å². The molecule has 1 rings (SSSR count). The van der Waals surface area contributed by atoms with E-state index in [-0.39, 0.29) is 11.5 Å². The highest BCUT2D eigenvalue weighted by molar-refractivity contribution is 5.46. The Labute approximate surface area is 134 Å². The summed E-state index contributed by atoms with van der Waals surface area (Å²) in [6.45, 7) is 6.96. The Balaban J connectivity index is 2.96. The van der Waals surface area contributed by atoms with E-state index in [0.29, 0.717) is 25.2 Å². The lowest BCUT2D eigenvalue weighted by Crippen LogP contribution is -2.33. The van der Waals surface area contributed by atoms with Gasteiger partial charge in [0.2, 0.25) is 0 Å². The van der Waals surface area contributed by atoms with Gasteiger partial charge < -0.3 is 19.7 Å². The highest BCUT2D eigenvalue weighted by Crippen LogP contribution is 2.42. The molecule has 1 aromatic carbocycles. The van der Waals surface area contributed by atoms with Crippen LogP contribution in [0.3, 0.4) is 0 Å². The second-order valence-corrected chi connectivity index (χ2v) is 5.46. The number of hydrogen-bond acceptors (Lipinski definition) is 4. The Hall–Kier alpha value is -1.26. The molecule has 0 saturated heterocycles. The van der Waals surface area contributed by atoms with Crippen molar-refractivity contribution in [1.82, 2.24) is 0 Å². The van der Waals surface area contributed by atoms with E-state index < -0.39 is 5.79 Å². The first-order valence-corrected chi connectivity index (χ1v) is 8.40. The van der Waals surface area contributed by atoms with Crippen LogP contribution < -0.4 is 0 Å². The predicted octanol–water partition coefficient (Wildman–Crippen LogP) is 4.68. The predicted molar refractivity (Wildman–Crippen MR) is 88.1 cm³/mol. The van der Waals surface area contributed by atoms with Crippen molar-refractivity contribution in [2.75, 3.05) is 13.2 Å². The zero-order chi connectivity index (χ0) is 16.4. The Kier molecular flexibility index (Phi) is 8.28. The van der Waals surface area contributed by atoms with Crippen molar-refractivity contribution < 1.29 is 19.7 Å². The first kappa shape index (κ1) is 18.8. The van der Waals surface area contributed by atoms with Crippen molar-refractivity contribution in [2.24, 2.45) is 0 Å². The molecule has 0 amide bonds. The van der Waals surface area contributed by atoms with E-state index in [1.807, 2.05) is 13.8 Å². The molecule has 0 aliphatic rings. The van der Waals surface area contributed by atoms with E-state index in [9.17, 15) is 10.2 Å². The number of phenols is 2. The van der Waals surface area contributed by atoms with Crippen molar-refractivity contribution in [3.63, 3.8) is 0 Å². The van der Waals surface area contributed by atoms with Gasteiger partial charge in [0.05, 0.1) is 5.56 Å². The molecule has 0 aromatic heterocycles. The number of benzene rings is 1. The SMILES string of the molecule is CCCCCCCC(OCC)(OCC)c1cccc(O)c1O. The topological polar surface area (TPSA) is 58.9 Å². The number of unbranched alkanes of at least 4 members (excludes halogenated alkanes) is 4. The molecule has 1 aromatic rings. The van der Waals surface area contributed by atoms with Crippen molar-refractivity contribution in [3.05, 3.63) is 23.8 Å². The number of hydrogen-bond donors (Lipinski definition) is 2. The molecule has 0 atom stereocenters. The van der Waals surface area contributed by atoms with Crippen molar-refractivity contribution in [2.45, 2.75) is 65.1 Å². The fourth-order valence-electron chi connectivity index (χ4n) is 2.74. The second kappa shape index (κ2) is 9.70. The Morgan fingerprint density at radius 1 is 0.909 bits per heavy atom. The molecule has 4 nitrogen and oxygen atoms in total. The van der Waals surface area contributed by atoms with Crippen LogP contribution in [-0.2, 0) is 15.3 Å². The average Bonchev–Trinajstić information content (AvgIpc) is 2.50. The van der Waals surface area contributed by atoms with Gasteiger partial charge in [0.25, 0.3) is 0 Å². The molecule has 22 heavy (non-hydrogen) atoms. The maximum absolute atomic E-state index is 10.2. The van der Waals surface area contributed by atoms with Gasteiger partial charge in [0, 0.05) is 19.6 Å². The third-order valence-electron chi connectivity index (χ3n) is 3.79. The summed E-state index contributed by atoms with van der Waals surface area (Å²) in [4.78, 5) is 0. The van der Waals surface area contributed by atoms with E-state index in [4.69, 9.17) is 9.47 Å². The van der Waals surface area contributed by atoms with Crippen LogP contribution in [0.25, 0.3) is 0 Å². The van der Waals surface area contributed by atoms with Crippen molar-refractivity contribution >= 4 is 0 Å². The second-order valence-electron chi connectivity index (χ2n) is 5.46. The molecule has 0 fully saturated rings. The first-order valence-electron chi connectivity index (χ1n) is 8.40. The molecule has 0 radical (unpaired) electrons. The molecule has 0 aliphatic heterocycles. The van der Waals surface area contributed by atoms with Crippen LogP contribution >= 0.6 is 0 Å². The summed E-state index contributed by atoms with van der Waals surface area (Å²) in [5.74, 6) is -1.29. The van der Waals surface area contributed by atoms with Gasteiger partial charge in [-0.15, -0.1) is 0 Å². The normalized spacial score (nSPS) is 11.8. The smallest absolute Gasteiger partial charge is 0.198 e. The van der Waals surface area contributed by atoms with E-state index in [2.05, 4.69) is 6.92 Å². The monoisotopic (exact) mass is 310 g/mol. The summed E-state index contributed by atoms with van der Waals surface area (Å²) in [5.41, 5.74) is 0.506. The van der Waals surface area contributed by atoms with Gasteiger partial charge in [0.1, 0.15) is 0 Å². The molecule has 0 spiro atoms. The van der Waals surface area contributed by atoms with Crippen molar-refractivity contribution in [1.29, 1.82) is 0 Å².